The zero-order valence-corrected chi connectivity index (χ0v) is 17.5. The van der Waals surface area contributed by atoms with Gasteiger partial charge in [-0.2, -0.15) is 0 Å². The number of amides is 1. The van der Waals surface area contributed by atoms with Crippen molar-refractivity contribution in [2.45, 2.75) is 12.8 Å². The van der Waals surface area contributed by atoms with Crippen molar-refractivity contribution in [3.05, 3.63) is 53.6 Å². The highest BCUT2D eigenvalue weighted by molar-refractivity contribution is 5.99. The molecule has 0 unspecified atom stereocenters. The van der Waals surface area contributed by atoms with Gasteiger partial charge in [0.2, 0.25) is 0 Å². The van der Waals surface area contributed by atoms with Crippen molar-refractivity contribution in [1.29, 1.82) is 0 Å². The average molecular weight is 399 g/mol. The first-order chi connectivity index (χ1) is 14.2. The van der Waals surface area contributed by atoms with Gasteiger partial charge >= 0.3 is 0 Å². The third-order valence-corrected chi connectivity index (χ3v) is 5.40. The number of rotatable bonds is 8. The van der Waals surface area contributed by atoms with E-state index in [1.165, 1.54) is 5.56 Å². The molecule has 1 saturated heterocycles. The summed E-state index contributed by atoms with van der Waals surface area (Å²) in [6, 6.07) is 13.7. The summed E-state index contributed by atoms with van der Waals surface area (Å²) in [6.07, 6.45) is 2.14. The van der Waals surface area contributed by atoms with Crippen molar-refractivity contribution < 1.29 is 19.0 Å². The topological polar surface area (TPSA) is 51.2 Å². The maximum atomic E-state index is 13.1. The second kappa shape index (κ2) is 10.2. The van der Waals surface area contributed by atoms with E-state index in [4.69, 9.17) is 14.2 Å². The lowest BCUT2D eigenvalue weighted by Crippen LogP contribution is -2.49. The number of carbonyl (C=O) groups is 1. The molecule has 0 bridgehead atoms. The average Bonchev–Trinajstić information content (AvgIpc) is 2.79. The molecule has 1 aliphatic rings. The van der Waals surface area contributed by atoms with Gasteiger partial charge in [0.15, 0.2) is 0 Å². The molecule has 1 aliphatic heterocycles. The van der Waals surface area contributed by atoms with Gasteiger partial charge in [-0.25, -0.2) is 0 Å². The van der Waals surface area contributed by atoms with Crippen molar-refractivity contribution in [1.82, 2.24) is 9.80 Å². The minimum Gasteiger partial charge on any atom is -0.497 e. The second-order valence-electron chi connectivity index (χ2n) is 7.12. The number of ether oxygens (including phenoxy) is 3. The van der Waals surface area contributed by atoms with Crippen LogP contribution in [0.4, 0.5) is 0 Å². The van der Waals surface area contributed by atoms with Crippen LogP contribution >= 0.6 is 0 Å². The number of piperazine rings is 1. The van der Waals surface area contributed by atoms with E-state index >= 15 is 0 Å². The standard InChI is InChI=1S/C23H30N2O4/c1-27-19-11-9-18(10-12-19)6-5-13-24-14-16-25(17-15-24)23(26)22-20(28-2)7-4-8-21(22)29-3/h4,7-12H,5-6,13-17H2,1-3H3. The molecule has 29 heavy (non-hydrogen) atoms. The van der Waals surface area contributed by atoms with E-state index in [1.54, 1.807) is 33.5 Å². The molecule has 6 heteroatoms. The monoisotopic (exact) mass is 398 g/mol. The van der Waals surface area contributed by atoms with Gasteiger partial charge < -0.3 is 19.1 Å². The first-order valence-corrected chi connectivity index (χ1v) is 10.0. The quantitative estimate of drug-likeness (QED) is 0.684. The van der Waals surface area contributed by atoms with Crippen LogP contribution in [0.25, 0.3) is 0 Å². The van der Waals surface area contributed by atoms with E-state index in [1.807, 2.05) is 23.1 Å². The number of aryl methyl sites for hydroxylation is 1. The molecule has 3 rings (SSSR count). The highest BCUT2D eigenvalue weighted by atomic mass is 16.5. The molecule has 0 saturated carbocycles. The SMILES string of the molecule is COc1ccc(CCCN2CCN(C(=O)c3c(OC)cccc3OC)CC2)cc1. The molecule has 1 amide bonds. The van der Waals surface area contributed by atoms with Gasteiger partial charge in [0, 0.05) is 26.2 Å². The van der Waals surface area contributed by atoms with Crippen LogP contribution in [-0.4, -0.2) is 69.8 Å². The molecule has 0 spiro atoms. The Bertz CT molecular complexity index is 777. The molecule has 156 valence electrons. The van der Waals surface area contributed by atoms with Gasteiger partial charge in [0.1, 0.15) is 22.8 Å². The van der Waals surface area contributed by atoms with Crippen molar-refractivity contribution >= 4 is 5.91 Å². The number of hydrogen-bond donors (Lipinski definition) is 0. The minimum atomic E-state index is -0.0304. The van der Waals surface area contributed by atoms with Crippen LogP contribution in [0.5, 0.6) is 17.2 Å². The van der Waals surface area contributed by atoms with Crippen LogP contribution in [-0.2, 0) is 6.42 Å². The van der Waals surface area contributed by atoms with Crippen LogP contribution in [0.1, 0.15) is 22.3 Å². The summed E-state index contributed by atoms with van der Waals surface area (Å²) in [5, 5.41) is 0. The van der Waals surface area contributed by atoms with Crippen LogP contribution in [0.2, 0.25) is 0 Å². The molecular weight excluding hydrogens is 368 g/mol. The highest BCUT2D eigenvalue weighted by Gasteiger charge is 2.26. The Morgan fingerprint density at radius 2 is 1.48 bits per heavy atom. The number of methoxy groups -OCH3 is 3. The maximum absolute atomic E-state index is 13.1. The smallest absolute Gasteiger partial charge is 0.261 e. The number of carbonyl (C=O) groups excluding carboxylic acids is 1. The summed E-state index contributed by atoms with van der Waals surface area (Å²) in [6.45, 7) is 4.22. The normalized spacial score (nSPS) is 14.5. The summed E-state index contributed by atoms with van der Waals surface area (Å²) < 4.78 is 16.0. The Labute approximate surface area is 173 Å². The predicted octanol–water partition coefficient (Wildman–Crippen LogP) is 3.10. The zero-order valence-electron chi connectivity index (χ0n) is 17.5. The third-order valence-electron chi connectivity index (χ3n) is 5.40. The Balaban J connectivity index is 1.49. The summed E-state index contributed by atoms with van der Waals surface area (Å²) in [5.74, 6) is 1.96. The predicted molar refractivity (Wildman–Crippen MR) is 113 cm³/mol. The highest BCUT2D eigenvalue weighted by Crippen LogP contribution is 2.29. The molecule has 1 fully saturated rings. The molecule has 2 aromatic carbocycles. The molecule has 0 aromatic heterocycles. The Kier molecular flexibility index (Phi) is 7.36. The van der Waals surface area contributed by atoms with Crippen molar-refractivity contribution in [3.8, 4) is 17.2 Å². The van der Waals surface area contributed by atoms with E-state index in [2.05, 4.69) is 17.0 Å². The first kappa shape index (κ1) is 21.0. The van der Waals surface area contributed by atoms with E-state index in [-0.39, 0.29) is 5.91 Å². The molecule has 0 N–H and O–H groups in total. The molecule has 0 radical (unpaired) electrons. The van der Waals surface area contributed by atoms with Crippen molar-refractivity contribution in [3.63, 3.8) is 0 Å². The molecule has 6 nitrogen and oxygen atoms in total. The largest absolute Gasteiger partial charge is 0.497 e. The van der Waals surface area contributed by atoms with Gasteiger partial charge in [-0.3, -0.25) is 9.69 Å². The van der Waals surface area contributed by atoms with Crippen LogP contribution < -0.4 is 14.2 Å². The zero-order chi connectivity index (χ0) is 20.6. The van der Waals surface area contributed by atoms with Crippen molar-refractivity contribution in [2.24, 2.45) is 0 Å². The Hall–Kier alpha value is -2.73. The Morgan fingerprint density at radius 1 is 0.862 bits per heavy atom. The van der Waals surface area contributed by atoms with E-state index in [9.17, 15) is 4.79 Å². The second-order valence-corrected chi connectivity index (χ2v) is 7.12. The fourth-order valence-electron chi connectivity index (χ4n) is 3.69. The fraction of sp³-hybridized carbons (Fsp3) is 0.435. The van der Waals surface area contributed by atoms with Gasteiger partial charge in [0.05, 0.1) is 21.3 Å². The summed E-state index contributed by atoms with van der Waals surface area (Å²) >= 11 is 0. The van der Waals surface area contributed by atoms with Crippen molar-refractivity contribution in [2.75, 3.05) is 54.1 Å². The summed E-state index contributed by atoms with van der Waals surface area (Å²) in [5.41, 5.74) is 1.83. The summed E-state index contributed by atoms with van der Waals surface area (Å²) in [4.78, 5) is 17.4. The number of hydrogen-bond acceptors (Lipinski definition) is 5. The third kappa shape index (κ3) is 5.21. The lowest BCUT2D eigenvalue weighted by Gasteiger charge is -2.35. The number of benzene rings is 2. The van der Waals surface area contributed by atoms with Gasteiger partial charge in [-0.1, -0.05) is 18.2 Å². The fourth-order valence-corrected chi connectivity index (χ4v) is 3.69. The molecule has 0 aliphatic carbocycles. The number of nitrogens with zero attached hydrogens (tertiary/aromatic N) is 2. The minimum absolute atomic E-state index is 0.0304. The van der Waals surface area contributed by atoms with Gasteiger partial charge in [-0.05, 0) is 49.2 Å². The molecule has 0 atom stereocenters. The molecule has 2 aromatic rings. The van der Waals surface area contributed by atoms with E-state index < -0.39 is 0 Å². The lowest BCUT2D eigenvalue weighted by atomic mass is 10.1. The van der Waals surface area contributed by atoms with Gasteiger partial charge in [-0.15, -0.1) is 0 Å². The first-order valence-electron chi connectivity index (χ1n) is 10.0. The van der Waals surface area contributed by atoms with E-state index in [0.29, 0.717) is 30.2 Å². The molecule has 1 heterocycles. The van der Waals surface area contributed by atoms with E-state index in [0.717, 1.165) is 38.2 Å². The lowest BCUT2D eigenvalue weighted by molar-refractivity contribution is 0.0629. The summed E-state index contributed by atoms with van der Waals surface area (Å²) in [7, 11) is 4.84. The van der Waals surface area contributed by atoms with Gasteiger partial charge in [0.25, 0.3) is 5.91 Å². The van der Waals surface area contributed by atoms with Crippen LogP contribution in [0.3, 0.4) is 0 Å². The maximum Gasteiger partial charge on any atom is 0.261 e. The van der Waals surface area contributed by atoms with Crippen LogP contribution in [0, 0.1) is 0 Å². The molecular formula is C23H30N2O4. The Morgan fingerprint density at radius 3 is 2.03 bits per heavy atom. The van der Waals surface area contributed by atoms with Crippen LogP contribution in [0.15, 0.2) is 42.5 Å².